The lowest BCUT2D eigenvalue weighted by molar-refractivity contribution is 0.171. The molecule has 0 aliphatic carbocycles. The molecule has 1 N–H and O–H groups in total. The van der Waals surface area contributed by atoms with E-state index in [9.17, 15) is 5.11 Å². The SMILES string of the molecule is CCCn1ccnc1CC(O)Cc1c(C)nn(C)c1C. The minimum absolute atomic E-state index is 0.422. The molecule has 1 unspecified atom stereocenters. The van der Waals surface area contributed by atoms with Gasteiger partial charge in [0.2, 0.25) is 0 Å². The summed E-state index contributed by atoms with van der Waals surface area (Å²) in [6.07, 6.45) is 5.64. The van der Waals surface area contributed by atoms with Gasteiger partial charge in [0.15, 0.2) is 0 Å². The van der Waals surface area contributed by atoms with Crippen LogP contribution in [-0.2, 0) is 26.4 Å². The first-order valence-corrected chi connectivity index (χ1v) is 7.20. The van der Waals surface area contributed by atoms with E-state index in [0.717, 1.165) is 35.7 Å². The lowest BCUT2D eigenvalue weighted by Crippen LogP contribution is -2.18. The largest absolute Gasteiger partial charge is 0.392 e. The van der Waals surface area contributed by atoms with Crippen molar-refractivity contribution in [1.82, 2.24) is 19.3 Å². The van der Waals surface area contributed by atoms with Crippen LogP contribution >= 0.6 is 0 Å². The summed E-state index contributed by atoms with van der Waals surface area (Å²) < 4.78 is 3.99. The molecule has 110 valence electrons. The molecule has 0 aliphatic rings. The maximum atomic E-state index is 10.3. The van der Waals surface area contributed by atoms with Crippen LogP contribution in [0.15, 0.2) is 12.4 Å². The highest BCUT2D eigenvalue weighted by atomic mass is 16.3. The number of nitrogens with zero attached hydrogens (tertiary/aromatic N) is 4. The predicted molar refractivity (Wildman–Crippen MR) is 78.6 cm³/mol. The van der Waals surface area contributed by atoms with Gasteiger partial charge in [-0.3, -0.25) is 4.68 Å². The van der Waals surface area contributed by atoms with E-state index in [2.05, 4.69) is 21.6 Å². The fraction of sp³-hybridized carbons (Fsp3) is 0.600. The van der Waals surface area contributed by atoms with Gasteiger partial charge in [-0.1, -0.05) is 6.92 Å². The Hall–Kier alpha value is -1.62. The van der Waals surface area contributed by atoms with Gasteiger partial charge in [-0.2, -0.15) is 5.10 Å². The third-order valence-electron chi connectivity index (χ3n) is 3.78. The highest BCUT2D eigenvalue weighted by Crippen LogP contribution is 2.16. The summed E-state index contributed by atoms with van der Waals surface area (Å²) in [5.74, 6) is 0.957. The molecule has 2 aromatic rings. The maximum Gasteiger partial charge on any atom is 0.111 e. The van der Waals surface area contributed by atoms with Crippen molar-refractivity contribution in [3.63, 3.8) is 0 Å². The standard InChI is InChI=1S/C15H24N4O/c1-5-7-19-8-6-16-15(19)10-13(20)9-14-11(2)17-18(4)12(14)3/h6,8,13,20H,5,7,9-10H2,1-4H3. The average Bonchev–Trinajstić information content (AvgIpc) is 2.91. The van der Waals surface area contributed by atoms with Crippen LogP contribution in [0.4, 0.5) is 0 Å². The van der Waals surface area contributed by atoms with E-state index in [-0.39, 0.29) is 0 Å². The fourth-order valence-electron chi connectivity index (χ4n) is 2.61. The Morgan fingerprint density at radius 3 is 2.65 bits per heavy atom. The number of aryl methyl sites for hydroxylation is 3. The summed E-state index contributed by atoms with van der Waals surface area (Å²) >= 11 is 0. The summed E-state index contributed by atoms with van der Waals surface area (Å²) in [4.78, 5) is 4.35. The van der Waals surface area contributed by atoms with Crippen LogP contribution in [0.3, 0.4) is 0 Å². The fourth-order valence-corrected chi connectivity index (χ4v) is 2.61. The molecule has 5 heteroatoms. The summed E-state index contributed by atoms with van der Waals surface area (Å²) in [5, 5.41) is 14.7. The zero-order valence-electron chi connectivity index (χ0n) is 12.8. The van der Waals surface area contributed by atoms with Crippen LogP contribution in [0.1, 0.15) is 36.1 Å². The van der Waals surface area contributed by atoms with Gasteiger partial charge in [0, 0.05) is 44.5 Å². The lowest BCUT2D eigenvalue weighted by Gasteiger charge is -2.12. The number of hydrogen-bond donors (Lipinski definition) is 1. The lowest BCUT2D eigenvalue weighted by atomic mass is 10.0. The molecule has 0 saturated heterocycles. The van der Waals surface area contributed by atoms with E-state index in [0.29, 0.717) is 12.8 Å². The van der Waals surface area contributed by atoms with Gasteiger partial charge in [0.25, 0.3) is 0 Å². The molecule has 5 nitrogen and oxygen atoms in total. The van der Waals surface area contributed by atoms with Crippen LogP contribution in [0, 0.1) is 13.8 Å². The summed E-state index contributed by atoms with van der Waals surface area (Å²) in [5.41, 5.74) is 3.27. The molecule has 2 heterocycles. The molecule has 0 saturated carbocycles. The Labute approximate surface area is 120 Å². The van der Waals surface area contributed by atoms with Crippen molar-refractivity contribution in [3.05, 3.63) is 35.2 Å². The van der Waals surface area contributed by atoms with Crippen molar-refractivity contribution in [2.45, 2.75) is 52.7 Å². The van der Waals surface area contributed by atoms with Crippen LogP contribution in [0.25, 0.3) is 0 Å². The monoisotopic (exact) mass is 276 g/mol. The van der Waals surface area contributed by atoms with E-state index in [1.165, 1.54) is 0 Å². The Balaban J connectivity index is 2.05. The number of aliphatic hydroxyl groups excluding tert-OH is 1. The average molecular weight is 276 g/mol. The van der Waals surface area contributed by atoms with Crippen molar-refractivity contribution >= 4 is 0 Å². The summed E-state index contributed by atoms with van der Waals surface area (Å²) in [6, 6.07) is 0. The van der Waals surface area contributed by atoms with Crippen LogP contribution in [-0.4, -0.2) is 30.5 Å². The van der Waals surface area contributed by atoms with Crippen molar-refractivity contribution in [1.29, 1.82) is 0 Å². The third kappa shape index (κ3) is 3.10. The van der Waals surface area contributed by atoms with E-state index >= 15 is 0 Å². The topological polar surface area (TPSA) is 55.9 Å². The van der Waals surface area contributed by atoms with Crippen molar-refractivity contribution in [2.75, 3.05) is 0 Å². The van der Waals surface area contributed by atoms with Gasteiger partial charge >= 0.3 is 0 Å². The zero-order valence-corrected chi connectivity index (χ0v) is 12.8. The molecule has 0 amide bonds. The van der Waals surface area contributed by atoms with E-state index in [1.54, 1.807) is 6.20 Å². The first kappa shape index (κ1) is 14.8. The second-order valence-electron chi connectivity index (χ2n) is 5.37. The first-order chi connectivity index (χ1) is 9.52. The third-order valence-corrected chi connectivity index (χ3v) is 3.78. The maximum absolute atomic E-state index is 10.3. The second-order valence-corrected chi connectivity index (χ2v) is 5.37. The Kier molecular flexibility index (Phi) is 4.60. The molecule has 0 bridgehead atoms. The van der Waals surface area contributed by atoms with Crippen molar-refractivity contribution in [3.8, 4) is 0 Å². The van der Waals surface area contributed by atoms with Crippen LogP contribution < -0.4 is 0 Å². The Morgan fingerprint density at radius 2 is 2.05 bits per heavy atom. The quantitative estimate of drug-likeness (QED) is 0.875. The molecule has 1 atom stereocenters. The van der Waals surface area contributed by atoms with Gasteiger partial charge in [0.1, 0.15) is 5.82 Å². The van der Waals surface area contributed by atoms with Crippen molar-refractivity contribution in [2.24, 2.45) is 7.05 Å². The van der Waals surface area contributed by atoms with Crippen molar-refractivity contribution < 1.29 is 5.11 Å². The van der Waals surface area contributed by atoms with Crippen LogP contribution in [0.5, 0.6) is 0 Å². The zero-order chi connectivity index (χ0) is 14.7. The molecule has 0 aromatic carbocycles. The Bertz CT molecular complexity index is 570. The van der Waals surface area contributed by atoms with E-state index in [1.807, 2.05) is 31.8 Å². The first-order valence-electron chi connectivity index (χ1n) is 7.20. The minimum Gasteiger partial charge on any atom is -0.392 e. The number of aliphatic hydroxyl groups is 1. The number of imidazole rings is 1. The number of rotatable bonds is 6. The smallest absolute Gasteiger partial charge is 0.111 e. The molecule has 0 spiro atoms. The summed E-state index contributed by atoms with van der Waals surface area (Å²) in [6.45, 7) is 7.13. The second kappa shape index (κ2) is 6.22. The van der Waals surface area contributed by atoms with E-state index in [4.69, 9.17) is 0 Å². The molecule has 2 aromatic heterocycles. The molecule has 0 fully saturated rings. The van der Waals surface area contributed by atoms with Crippen LogP contribution in [0.2, 0.25) is 0 Å². The van der Waals surface area contributed by atoms with E-state index < -0.39 is 6.10 Å². The number of aromatic nitrogens is 4. The highest BCUT2D eigenvalue weighted by molar-refractivity contribution is 5.25. The van der Waals surface area contributed by atoms with Gasteiger partial charge in [-0.25, -0.2) is 4.98 Å². The number of hydrogen-bond acceptors (Lipinski definition) is 3. The molecule has 0 radical (unpaired) electrons. The molecular formula is C15H24N4O. The van der Waals surface area contributed by atoms with Gasteiger partial charge in [-0.15, -0.1) is 0 Å². The molecule has 0 aliphatic heterocycles. The molecule has 2 rings (SSSR count). The highest BCUT2D eigenvalue weighted by Gasteiger charge is 2.16. The minimum atomic E-state index is -0.422. The van der Waals surface area contributed by atoms with Gasteiger partial charge < -0.3 is 9.67 Å². The molecule has 20 heavy (non-hydrogen) atoms. The molecular weight excluding hydrogens is 252 g/mol. The predicted octanol–water partition coefficient (Wildman–Crippen LogP) is 1.79. The summed E-state index contributed by atoms with van der Waals surface area (Å²) in [7, 11) is 1.94. The normalized spacial score (nSPS) is 12.8. The van der Waals surface area contributed by atoms with Gasteiger partial charge in [-0.05, 0) is 25.8 Å². The van der Waals surface area contributed by atoms with Gasteiger partial charge in [0.05, 0.1) is 11.8 Å². The Morgan fingerprint density at radius 1 is 1.30 bits per heavy atom.